The fourth-order valence-electron chi connectivity index (χ4n) is 1.38. The van der Waals surface area contributed by atoms with Crippen LogP contribution < -0.4 is 29.6 Å². The number of carboxylic acid groups (broad SMARTS) is 2. The van der Waals surface area contributed by atoms with Crippen LogP contribution >= 0.6 is 0 Å². The molecule has 0 fully saturated rings. The Bertz CT molecular complexity index is 256. The number of rotatable bonds is 9. The molecule has 17 heavy (non-hydrogen) atoms. The third-order valence-electron chi connectivity index (χ3n) is 2.30. The first-order valence-corrected chi connectivity index (χ1v) is 5.69. The summed E-state index contributed by atoms with van der Waals surface area (Å²) in [6, 6.07) is 0. The van der Waals surface area contributed by atoms with E-state index < -0.39 is 17.9 Å². The molecule has 0 spiro atoms. The van der Waals surface area contributed by atoms with Gasteiger partial charge < -0.3 is 11.6 Å². The van der Waals surface area contributed by atoms with Crippen LogP contribution in [-0.4, -0.2) is 22.2 Å². The quantitative estimate of drug-likeness (QED) is 0.339. The van der Waals surface area contributed by atoms with Crippen molar-refractivity contribution >= 4 is 11.9 Å². The largest absolute Gasteiger partial charge is 1.00 e. The topological polar surface area (TPSA) is 74.6 Å². The van der Waals surface area contributed by atoms with Crippen LogP contribution in [-0.2, 0) is 9.59 Å². The van der Waals surface area contributed by atoms with E-state index in [1.54, 1.807) is 6.08 Å². The van der Waals surface area contributed by atoms with E-state index in [0.29, 0.717) is 0 Å². The van der Waals surface area contributed by atoms with Gasteiger partial charge in [-0.3, -0.25) is 9.59 Å². The third kappa shape index (κ3) is 11.9. The second-order valence-corrected chi connectivity index (χ2v) is 3.82. The van der Waals surface area contributed by atoms with E-state index in [2.05, 4.69) is 6.92 Å². The first-order valence-electron chi connectivity index (χ1n) is 5.69. The zero-order valence-corrected chi connectivity index (χ0v) is 12.7. The maximum atomic E-state index is 10.7. The van der Waals surface area contributed by atoms with Crippen LogP contribution in [0.3, 0.4) is 0 Å². The molecule has 5 heteroatoms. The van der Waals surface area contributed by atoms with Gasteiger partial charge in [0.2, 0.25) is 0 Å². The molecule has 0 heterocycles. The SMILES string of the molecule is CCCCCC/C=C/C(CC(=O)O)C(=O)O.[H-].[Na+]. The van der Waals surface area contributed by atoms with Crippen molar-refractivity contribution in [1.29, 1.82) is 0 Å². The molecule has 4 nitrogen and oxygen atoms in total. The number of aliphatic carboxylic acids is 2. The molecular weight excluding hydrogens is 231 g/mol. The summed E-state index contributed by atoms with van der Waals surface area (Å²) >= 11 is 0. The number of carbonyl (C=O) groups is 2. The van der Waals surface area contributed by atoms with Crippen LogP contribution in [0.2, 0.25) is 0 Å². The van der Waals surface area contributed by atoms with Crippen LogP contribution in [0.1, 0.15) is 46.9 Å². The molecule has 0 radical (unpaired) electrons. The molecule has 0 aliphatic heterocycles. The molecule has 0 aromatic heterocycles. The minimum Gasteiger partial charge on any atom is -1.00 e. The van der Waals surface area contributed by atoms with E-state index in [9.17, 15) is 9.59 Å². The summed E-state index contributed by atoms with van der Waals surface area (Å²) in [5.74, 6) is -3.06. The molecule has 1 unspecified atom stereocenters. The van der Waals surface area contributed by atoms with Crippen molar-refractivity contribution in [3.05, 3.63) is 12.2 Å². The van der Waals surface area contributed by atoms with Crippen molar-refractivity contribution < 1.29 is 50.8 Å². The Morgan fingerprint density at radius 2 is 1.88 bits per heavy atom. The van der Waals surface area contributed by atoms with Gasteiger partial charge >= 0.3 is 41.5 Å². The minimum absolute atomic E-state index is 0. The molecule has 0 amide bonds. The normalized spacial score (nSPS) is 12.1. The summed E-state index contributed by atoms with van der Waals surface area (Å²) < 4.78 is 0. The molecule has 1 atom stereocenters. The number of unbranched alkanes of at least 4 members (excludes halogenated alkanes) is 4. The Hall–Kier alpha value is -0.320. The molecule has 0 aliphatic carbocycles. The molecule has 0 saturated heterocycles. The number of carboxylic acids is 2. The van der Waals surface area contributed by atoms with E-state index in [4.69, 9.17) is 10.2 Å². The Morgan fingerprint density at radius 1 is 1.24 bits per heavy atom. The van der Waals surface area contributed by atoms with Gasteiger partial charge in [0.15, 0.2) is 0 Å². The maximum absolute atomic E-state index is 10.7. The molecule has 0 aromatic carbocycles. The first kappa shape index (κ1) is 19.0. The van der Waals surface area contributed by atoms with Gasteiger partial charge in [-0.25, -0.2) is 0 Å². The fraction of sp³-hybridized carbons (Fsp3) is 0.667. The summed E-state index contributed by atoms with van der Waals surface area (Å²) in [5, 5.41) is 17.3. The minimum atomic E-state index is -1.08. The maximum Gasteiger partial charge on any atom is 1.00 e. The van der Waals surface area contributed by atoms with Gasteiger partial charge in [0.1, 0.15) is 0 Å². The van der Waals surface area contributed by atoms with Crippen LogP contribution in [0, 0.1) is 5.92 Å². The fourth-order valence-corrected chi connectivity index (χ4v) is 1.38. The molecule has 0 bridgehead atoms. The smallest absolute Gasteiger partial charge is 1.00 e. The van der Waals surface area contributed by atoms with Crippen molar-refractivity contribution in [2.75, 3.05) is 0 Å². The summed E-state index contributed by atoms with van der Waals surface area (Å²) in [6.45, 7) is 2.13. The Labute approximate surface area is 126 Å². The van der Waals surface area contributed by atoms with Gasteiger partial charge in [-0.15, -0.1) is 0 Å². The predicted octanol–water partition coefficient (Wildman–Crippen LogP) is -0.195. The molecular formula is C12H21NaO4. The monoisotopic (exact) mass is 252 g/mol. The van der Waals surface area contributed by atoms with Gasteiger partial charge in [-0.1, -0.05) is 38.3 Å². The van der Waals surface area contributed by atoms with E-state index in [1.807, 2.05) is 0 Å². The molecule has 0 aromatic rings. The summed E-state index contributed by atoms with van der Waals surface area (Å²) in [6.07, 6.45) is 8.26. The average molecular weight is 252 g/mol. The molecule has 0 rings (SSSR count). The molecule has 2 N–H and O–H groups in total. The van der Waals surface area contributed by atoms with Gasteiger partial charge in [-0.05, 0) is 12.8 Å². The van der Waals surface area contributed by atoms with E-state index in [-0.39, 0.29) is 37.4 Å². The van der Waals surface area contributed by atoms with Crippen LogP contribution in [0.25, 0.3) is 0 Å². The third-order valence-corrected chi connectivity index (χ3v) is 2.30. The zero-order valence-electron chi connectivity index (χ0n) is 11.7. The number of allylic oxidation sites excluding steroid dienone is 1. The van der Waals surface area contributed by atoms with Crippen LogP contribution in [0.5, 0.6) is 0 Å². The van der Waals surface area contributed by atoms with Crippen molar-refractivity contribution in [2.24, 2.45) is 5.92 Å². The number of hydrogen-bond acceptors (Lipinski definition) is 2. The Kier molecular flexibility index (Phi) is 13.6. The van der Waals surface area contributed by atoms with Crippen molar-refractivity contribution in [2.45, 2.75) is 45.4 Å². The van der Waals surface area contributed by atoms with E-state index in [1.165, 1.54) is 18.9 Å². The standard InChI is InChI=1S/C12H20O4.Na.H/c1-2-3-4-5-6-7-8-10(12(15)16)9-11(13)14;;/h7-8,10H,2-6,9H2,1H3,(H,13,14)(H,15,16);;/q;+1;-1/b8-7+;;. The van der Waals surface area contributed by atoms with Crippen molar-refractivity contribution in [1.82, 2.24) is 0 Å². The molecule has 0 saturated carbocycles. The van der Waals surface area contributed by atoms with Gasteiger partial charge in [0.05, 0.1) is 12.3 Å². The molecule has 0 aliphatic rings. The second-order valence-electron chi connectivity index (χ2n) is 3.82. The molecule has 94 valence electrons. The number of hydrogen-bond donors (Lipinski definition) is 2. The second kappa shape index (κ2) is 12.1. The summed E-state index contributed by atoms with van der Waals surface area (Å²) in [4.78, 5) is 21.1. The van der Waals surface area contributed by atoms with Crippen molar-refractivity contribution in [3.63, 3.8) is 0 Å². The first-order chi connectivity index (χ1) is 7.57. The zero-order chi connectivity index (χ0) is 12.4. The predicted molar refractivity (Wildman–Crippen MR) is 62.4 cm³/mol. The average Bonchev–Trinajstić information content (AvgIpc) is 2.20. The van der Waals surface area contributed by atoms with E-state index in [0.717, 1.165) is 19.3 Å². The van der Waals surface area contributed by atoms with E-state index >= 15 is 0 Å². The van der Waals surface area contributed by atoms with Gasteiger partial charge in [0.25, 0.3) is 0 Å². The Balaban J connectivity index is -0.00000112. The Morgan fingerprint density at radius 3 is 2.35 bits per heavy atom. The van der Waals surface area contributed by atoms with Gasteiger partial charge in [0, 0.05) is 0 Å². The summed E-state index contributed by atoms with van der Waals surface area (Å²) in [5.41, 5.74) is 0. The van der Waals surface area contributed by atoms with Crippen LogP contribution in [0.4, 0.5) is 0 Å². The van der Waals surface area contributed by atoms with Crippen molar-refractivity contribution in [3.8, 4) is 0 Å². The van der Waals surface area contributed by atoms with Crippen LogP contribution in [0.15, 0.2) is 12.2 Å². The van der Waals surface area contributed by atoms with Gasteiger partial charge in [-0.2, -0.15) is 0 Å². The summed E-state index contributed by atoms with van der Waals surface area (Å²) in [7, 11) is 0.